The van der Waals surface area contributed by atoms with Crippen molar-refractivity contribution in [3.8, 4) is 11.3 Å². The number of aromatic nitrogens is 1. The maximum absolute atomic E-state index is 12.3. The van der Waals surface area contributed by atoms with E-state index in [0.29, 0.717) is 23.7 Å². The molecule has 0 spiro atoms. The molecule has 1 fully saturated rings. The number of benzene rings is 2. The van der Waals surface area contributed by atoms with Gasteiger partial charge in [0, 0.05) is 41.9 Å². The molecule has 0 unspecified atom stereocenters. The van der Waals surface area contributed by atoms with Gasteiger partial charge in [-0.3, -0.25) is 9.59 Å². The second kappa shape index (κ2) is 7.86. The van der Waals surface area contributed by atoms with Crippen LogP contribution >= 0.6 is 11.6 Å². The predicted molar refractivity (Wildman–Crippen MR) is 106 cm³/mol. The van der Waals surface area contributed by atoms with Crippen molar-refractivity contribution in [2.45, 2.75) is 19.4 Å². The molecular formula is C21H18ClN3O3. The summed E-state index contributed by atoms with van der Waals surface area (Å²) in [6.07, 6.45) is 1.50. The molecule has 4 rings (SSSR count). The predicted octanol–water partition coefficient (Wildman–Crippen LogP) is 4.05. The van der Waals surface area contributed by atoms with Crippen molar-refractivity contribution >= 4 is 29.1 Å². The molecule has 0 atom stereocenters. The fraction of sp³-hybridized carbons (Fsp3) is 0.190. The van der Waals surface area contributed by atoms with Crippen molar-refractivity contribution in [2.24, 2.45) is 0 Å². The van der Waals surface area contributed by atoms with Crippen LogP contribution in [-0.2, 0) is 11.3 Å². The molecule has 1 N–H and O–H groups in total. The van der Waals surface area contributed by atoms with E-state index in [4.69, 9.17) is 16.1 Å². The first kappa shape index (κ1) is 18.3. The summed E-state index contributed by atoms with van der Waals surface area (Å²) in [5.41, 5.74) is 2.78. The summed E-state index contributed by atoms with van der Waals surface area (Å²) in [4.78, 5) is 25.9. The number of carbonyl (C=O) groups excluding carboxylic acids is 2. The fourth-order valence-electron chi connectivity index (χ4n) is 3.15. The summed E-state index contributed by atoms with van der Waals surface area (Å²) in [5, 5.41) is 7.24. The Kier molecular flexibility index (Phi) is 5.12. The van der Waals surface area contributed by atoms with Crippen molar-refractivity contribution in [1.82, 2.24) is 10.5 Å². The van der Waals surface area contributed by atoms with Crippen LogP contribution in [0.3, 0.4) is 0 Å². The van der Waals surface area contributed by atoms with Gasteiger partial charge in [0.15, 0.2) is 11.5 Å². The van der Waals surface area contributed by atoms with E-state index < -0.39 is 0 Å². The second-order valence-electron chi connectivity index (χ2n) is 6.58. The first-order chi connectivity index (χ1) is 13.6. The summed E-state index contributed by atoms with van der Waals surface area (Å²) in [5.74, 6) is 0.311. The van der Waals surface area contributed by atoms with Gasteiger partial charge in [-0.25, -0.2) is 0 Å². The minimum Gasteiger partial charge on any atom is -0.355 e. The van der Waals surface area contributed by atoms with Gasteiger partial charge in [0.2, 0.25) is 5.91 Å². The Bertz CT molecular complexity index is 1010. The molecule has 1 aliphatic heterocycles. The Balaban J connectivity index is 1.37. The number of amides is 2. The molecule has 1 aliphatic rings. The van der Waals surface area contributed by atoms with Crippen LogP contribution in [0.2, 0.25) is 5.02 Å². The Morgan fingerprint density at radius 3 is 2.71 bits per heavy atom. The van der Waals surface area contributed by atoms with Crippen LogP contribution in [0.1, 0.15) is 28.9 Å². The molecular weight excluding hydrogens is 378 g/mol. The summed E-state index contributed by atoms with van der Waals surface area (Å²) in [6.45, 7) is 1.11. The van der Waals surface area contributed by atoms with E-state index in [1.165, 1.54) is 0 Å². The minimum atomic E-state index is -0.323. The number of hydrogen-bond donors (Lipinski definition) is 1. The van der Waals surface area contributed by atoms with Crippen LogP contribution < -0.4 is 10.2 Å². The average molecular weight is 396 g/mol. The molecule has 1 saturated heterocycles. The third kappa shape index (κ3) is 3.92. The monoisotopic (exact) mass is 395 g/mol. The SMILES string of the molecule is O=C(NCc1ccc(N2CCCC2=O)cc1)c1cc(-c2cccc(Cl)c2)on1. The molecule has 2 aromatic carbocycles. The van der Waals surface area contributed by atoms with Crippen molar-refractivity contribution in [3.63, 3.8) is 0 Å². The molecule has 28 heavy (non-hydrogen) atoms. The van der Waals surface area contributed by atoms with Crippen molar-refractivity contribution < 1.29 is 14.1 Å². The third-order valence-corrected chi connectivity index (χ3v) is 4.86. The minimum absolute atomic E-state index is 0.155. The molecule has 1 aromatic heterocycles. The van der Waals surface area contributed by atoms with Crippen LogP contribution in [-0.4, -0.2) is 23.5 Å². The van der Waals surface area contributed by atoms with Crippen molar-refractivity contribution in [2.75, 3.05) is 11.4 Å². The Labute approximate surface area is 167 Å². The number of carbonyl (C=O) groups is 2. The van der Waals surface area contributed by atoms with Gasteiger partial charge in [0.05, 0.1) is 0 Å². The topological polar surface area (TPSA) is 75.4 Å². The van der Waals surface area contributed by atoms with Crippen molar-refractivity contribution in [1.29, 1.82) is 0 Å². The third-order valence-electron chi connectivity index (χ3n) is 4.63. The molecule has 0 saturated carbocycles. The highest BCUT2D eigenvalue weighted by Gasteiger charge is 2.21. The molecule has 142 valence electrons. The van der Waals surface area contributed by atoms with E-state index >= 15 is 0 Å². The average Bonchev–Trinajstić information content (AvgIpc) is 3.36. The van der Waals surface area contributed by atoms with Gasteiger partial charge in [-0.1, -0.05) is 41.0 Å². The van der Waals surface area contributed by atoms with Crippen molar-refractivity contribution in [3.05, 3.63) is 70.9 Å². The summed E-state index contributed by atoms with van der Waals surface area (Å²) >= 11 is 5.98. The smallest absolute Gasteiger partial charge is 0.273 e. The largest absolute Gasteiger partial charge is 0.355 e. The van der Waals surface area contributed by atoms with Gasteiger partial charge in [-0.15, -0.1) is 0 Å². The van der Waals surface area contributed by atoms with Gasteiger partial charge in [-0.2, -0.15) is 0 Å². The van der Waals surface area contributed by atoms with Crippen LogP contribution in [0.4, 0.5) is 5.69 Å². The first-order valence-electron chi connectivity index (χ1n) is 9.00. The summed E-state index contributed by atoms with van der Waals surface area (Å²) < 4.78 is 5.25. The van der Waals surface area contributed by atoms with Gasteiger partial charge in [0.25, 0.3) is 5.91 Å². The van der Waals surface area contributed by atoms with Crippen LogP contribution in [0, 0.1) is 0 Å². The molecule has 2 heterocycles. The number of hydrogen-bond acceptors (Lipinski definition) is 4. The van der Waals surface area contributed by atoms with E-state index in [9.17, 15) is 9.59 Å². The standard InChI is InChI=1S/C21H18ClN3O3/c22-16-4-1-3-15(11-16)19-12-18(24-28-19)21(27)23-13-14-6-8-17(9-7-14)25-10-2-5-20(25)26/h1,3-4,6-9,11-12H,2,5,10,13H2,(H,23,27). The lowest BCUT2D eigenvalue weighted by Crippen LogP contribution is -2.24. The van der Waals surface area contributed by atoms with Crippen LogP contribution in [0.15, 0.2) is 59.1 Å². The van der Waals surface area contributed by atoms with E-state index in [2.05, 4.69) is 10.5 Å². The van der Waals surface area contributed by atoms with Gasteiger partial charge >= 0.3 is 0 Å². The quantitative estimate of drug-likeness (QED) is 0.707. The zero-order chi connectivity index (χ0) is 19.5. The number of nitrogens with zero attached hydrogens (tertiary/aromatic N) is 2. The Hall–Kier alpha value is -3.12. The molecule has 7 heteroatoms. The molecule has 0 radical (unpaired) electrons. The lowest BCUT2D eigenvalue weighted by Gasteiger charge is -2.16. The van der Waals surface area contributed by atoms with E-state index in [-0.39, 0.29) is 17.5 Å². The Morgan fingerprint density at radius 1 is 1.18 bits per heavy atom. The highest BCUT2D eigenvalue weighted by Crippen LogP contribution is 2.24. The van der Waals surface area contributed by atoms with Crippen LogP contribution in [0.25, 0.3) is 11.3 Å². The second-order valence-corrected chi connectivity index (χ2v) is 7.02. The molecule has 3 aromatic rings. The van der Waals surface area contributed by atoms with Gasteiger partial charge in [0.1, 0.15) is 0 Å². The normalized spacial score (nSPS) is 13.8. The lowest BCUT2D eigenvalue weighted by atomic mass is 10.1. The Morgan fingerprint density at radius 2 is 2.00 bits per heavy atom. The van der Waals surface area contributed by atoms with Gasteiger partial charge < -0.3 is 14.7 Å². The molecule has 0 bridgehead atoms. The van der Waals surface area contributed by atoms with Gasteiger partial charge in [-0.05, 0) is 36.2 Å². The number of halogens is 1. The molecule has 6 nitrogen and oxygen atoms in total. The highest BCUT2D eigenvalue weighted by atomic mass is 35.5. The van der Waals surface area contributed by atoms with Crippen LogP contribution in [0.5, 0.6) is 0 Å². The zero-order valence-corrected chi connectivity index (χ0v) is 15.8. The highest BCUT2D eigenvalue weighted by molar-refractivity contribution is 6.30. The summed E-state index contributed by atoms with van der Waals surface area (Å²) in [7, 11) is 0. The fourth-order valence-corrected chi connectivity index (χ4v) is 3.34. The maximum atomic E-state index is 12.3. The van der Waals surface area contributed by atoms with E-state index in [1.54, 1.807) is 29.2 Å². The van der Waals surface area contributed by atoms with E-state index in [1.807, 2.05) is 30.3 Å². The number of nitrogens with one attached hydrogen (secondary N) is 1. The lowest BCUT2D eigenvalue weighted by molar-refractivity contribution is -0.117. The maximum Gasteiger partial charge on any atom is 0.273 e. The number of anilines is 1. The zero-order valence-electron chi connectivity index (χ0n) is 15.0. The van der Waals surface area contributed by atoms with E-state index in [0.717, 1.165) is 29.8 Å². The first-order valence-corrected chi connectivity index (χ1v) is 9.38. The summed E-state index contributed by atoms with van der Waals surface area (Å²) in [6, 6.07) is 16.3. The molecule has 2 amide bonds. The molecule has 0 aliphatic carbocycles. The number of rotatable bonds is 5.